The third kappa shape index (κ3) is 3.12. The van der Waals surface area contributed by atoms with E-state index >= 15 is 0 Å². The van der Waals surface area contributed by atoms with Crippen LogP contribution in [0.25, 0.3) is 22.0 Å². The Hall–Kier alpha value is -2.62. The number of benzene rings is 1. The number of halogens is 3. The summed E-state index contributed by atoms with van der Waals surface area (Å²) in [6.07, 6.45) is -4.59. The molecular formula is C20H10F3NS2. The number of para-hydroxylation sites is 1. The van der Waals surface area contributed by atoms with Gasteiger partial charge in [0.05, 0.1) is 11.1 Å². The smallest absolute Gasteiger partial charge is 0.242 e. The molecule has 0 aliphatic heterocycles. The third-order valence-corrected chi connectivity index (χ3v) is 5.19. The third-order valence-electron chi connectivity index (χ3n) is 3.82. The molecule has 0 atom stereocenters. The highest BCUT2D eigenvalue weighted by atomic mass is 32.1. The summed E-state index contributed by atoms with van der Waals surface area (Å²) in [7, 11) is 0. The van der Waals surface area contributed by atoms with Gasteiger partial charge in [0, 0.05) is 21.9 Å². The standard InChI is InChI=1S/C20H10F3NS2/c21-20(22,23)19-16(6-5-13-7-9-25-11-13)18(14-8-10-26-12-14)15-3-1-2-4-17(15)24-19/h1-4,7-12H. The number of hydrogen-bond acceptors (Lipinski definition) is 3. The fraction of sp³-hybridized carbons (Fsp3) is 0.0500. The predicted octanol–water partition coefficient (Wildman–Crippen LogP) is 6.44. The van der Waals surface area contributed by atoms with E-state index in [1.165, 1.54) is 22.7 Å². The summed E-state index contributed by atoms with van der Waals surface area (Å²) in [6, 6.07) is 10.4. The number of fused-ring (bicyclic) bond motifs is 1. The molecule has 0 radical (unpaired) electrons. The maximum atomic E-state index is 13.7. The van der Waals surface area contributed by atoms with E-state index in [9.17, 15) is 13.2 Å². The fourth-order valence-electron chi connectivity index (χ4n) is 2.72. The zero-order valence-electron chi connectivity index (χ0n) is 13.2. The molecule has 0 bridgehead atoms. The Morgan fingerprint density at radius 3 is 2.35 bits per heavy atom. The highest BCUT2D eigenvalue weighted by molar-refractivity contribution is 7.08. The van der Waals surface area contributed by atoms with Gasteiger partial charge in [-0.15, -0.1) is 0 Å². The molecule has 0 unspecified atom stereocenters. The van der Waals surface area contributed by atoms with Crippen molar-refractivity contribution in [3.05, 3.63) is 74.7 Å². The van der Waals surface area contributed by atoms with Crippen LogP contribution in [0.1, 0.15) is 16.8 Å². The molecule has 1 aromatic carbocycles. The first-order valence-corrected chi connectivity index (χ1v) is 9.49. The van der Waals surface area contributed by atoms with Crippen molar-refractivity contribution in [3.63, 3.8) is 0 Å². The molecule has 4 rings (SSSR count). The molecule has 128 valence electrons. The Balaban J connectivity index is 2.10. The van der Waals surface area contributed by atoms with Gasteiger partial charge in [-0.1, -0.05) is 30.0 Å². The molecule has 4 aromatic rings. The van der Waals surface area contributed by atoms with Gasteiger partial charge in [-0.25, -0.2) is 4.98 Å². The molecule has 0 saturated heterocycles. The summed E-state index contributed by atoms with van der Waals surface area (Å²) < 4.78 is 41.2. The van der Waals surface area contributed by atoms with E-state index in [2.05, 4.69) is 16.8 Å². The van der Waals surface area contributed by atoms with E-state index in [1.54, 1.807) is 35.7 Å². The van der Waals surface area contributed by atoms with E-state index in [4.69, 9.17) is 0 Å². The zero-order chi connectivity index (χ0) is 18.1. The van der Waals surface area contributed by atoms with Crippen molar-refractivity contribution >= 4 is 33.6 Å². The molecular weight excluding hydrogens is 375 g/mol. The Morgan fingerprint density at radius 2 is 1.65 bits per heavy atom. The first kappa shape index (κ1) is 16.8. The fourth-order valence-corrected chi connectivity index (χ4v) is 3.95. The van der Waals surface area contributed by atoms with Crippen molar-refractivity contribution in [1.29, 1.82) is 0 Å². The maximum absolute atomic E-state index is 13.7. The van der Waals surface area contributed by atoms with Crippen LogP contribution in [0.15, 0.2) is 57.9 Å². The number of aromatic nitrogens is 1. The Kier molecular flexibility index (Phi) is 4.27. The molecule has 0 spiro atoms. The van der Waals surface area contributed by atoms with Crippen LogP contribution < -0.4 is 0 Å². The van der Waals surface area contributed by atoms with Crippen molar-refractivity contribution < 1.29 is 13.2 Å². The lowest BCUT2D eigenvalue weighted by Crippen LogP contribution is -2.12. The summed E-state index contributed by atoms with van der Waals surface area (Å²) in [4.78, 5) is 3.90. The molecule has 0 aliphatic carbocycles. The lowest BCUT2D eigenvalue weighted by atomic mass is 9.95. The Bertz CT molecular complexity index is 1120. The summed E-state index contributed by atoms with van der Waals surface area (Å²) in [5.41, 5.74) is 1.16. The van der Waals surface area contributed by atoms with Gasteiger partial charge in [0.1, 0.15) is 0 Å². The van der Waals surface area contributed by atoms with Crippen molar-refractivity contribution in [2.75, 3.05) is 0 Å². The minimum Gasteiger partial charge on any atom is -0.242 e. The number of nitrogens with zero attached hydrogens (tertiary/aromatic N) is 1. The second-order valence-corrected chi connectivity index (χ2v) is 7.06. The quantitative estimate of drug-likeness (QED) is 0.343. The number of pyridine rings is 1. The molecule has 6 heteroatoms. The van der Waals surface area contributed by atoms with Crippen molar-refractivity contribution in [1.82, 2.24) is 4.98 Å². The number of alkyl halides is 3. The zero-order valence-corrected chi connectivity index (χ0v) is 14.8. The van der Waals surface area contributed by atoms with Crippen molar-refractivity contribution in [2.45, 2.75) is 6.18 Å². The van der Waals surface area contributed by atoms with Gasteiger partial charge in [-0.2, -0.15) is 35.8 Å². The molecule has 1 nitrogen and oxygen atoms in total. The predicted molar refractivity (Wildman–Crippen MR) is 100 cm³/mol. The number of rotatable bonds is 1. The van der Waals surface area contributed by atoms with Gasteiger partial charge in [0.25, 0.3) is 0 Å². The molecule has 0 fully saturated rings. The van der Waals surface area contributed by atoms with Gasteiger partial charge in [0.2, 0.25) is 0 Å². The van der Waals surface area contributed by atoms with Gasteiger partial charge >= 0.3 is 6.18 Å². The van der Waals surface area contributed by atoms with Crippen LogP contribution in [0.3, 0.4) is 0 Å². The molecule has 26 heavy (non-hydrogen) atoms. The van der Waals surface area contributed by atoms with Gasteiger partial charge in [-0.05, 0) is 39.9 Å². The van der Waals surface area contributed by atoms with Crippen LogP contribution >= 0.6 is 22.7 Å². The van der Waals surface area contributed by atoms with Crippen molar-refractivity contribution in [3.8, 4) is 23.0 Å². The van der Waals surface area contributed by atoms with Crippen LogP contribution in [0, 0.1) is 11.8 Å². The molecule has 3 aromatic heterocycles. The van der Waals surface area contributed by atoms with E-state index < -0.39 is 11.9 Å². The largest absolute Gasteiger partial charge is 0.434 e. The average molecular weight is 385 g/mol. The van der Waals surface area contributed by atoms with E-state index in [0.717, 1.165) is 0 Å². The van der Waals surface area contributed by atoms with E-state index in [-0.39, 0.29) is 5.56 Å². The summed E-state index contributed by atoms with van der Waals surface area (Å²) >= 11 is 2.88. The number of thiophene rings is 2. The Labute approximate surface area is 155 Å². The van der Waals surface area contributed by atoms with Crippen molar-refractivity contribution in [2.24, 2.45) is 0 Å². The molecule has 0 saturated carbocycles. The van der Waals surface area contributed by atoms with Gasteiger partial charge < -0.3 is 0 Å². The van der Waals surface area contributed by atoms with E-state index in [0.29, 0.717) is 27.6 Å². The highest BCUT2D eigenvalue weighted by Crippen LogP contribution is 2.39. The number of hydrogen-bond donors (Lipinski definition) is 0. The molecule has 0 aliphatic rings. The molecule has 0 N–H and O–H groups in total. The summed E-state index contributed by atoms with van der Waals surface area (Å²) in [5.74, 6) is 5.59. The van der Waals surface area contributed by atoms with Gasteiger partial charge in [-0.3, -0.25) is 0 Å². The first-order valence-electron chi connectivity index (χ1n) is 7.61. The maximum Gasteiger partial charge on any atom is 0.434 e. The van der Waals surface area contributed by atoms with Crippen LogP contribution in [-0.4, -0.2) is 4.98 Å². The first-order chi connectivity index (χ1) is 12.5. The lowest BCUT2D eigenvalue weighted by Gasteiger charge is -2.15. The van der Waals surface area contributed by atoms with Gasteiger partial charge in [0.15, 0.2) is 5.69 Å². The van der Waals surface area contributed by atoms with Crippen LogP contribution in [0.5, 0.6) is 0 Å². The SMILES string of the molecule is FC(F)(F)c1nc2ccccc2c(-c2ccsc2)c1C#Cc1ccsc1. The minimum atomic E-state index is -4.59. The van der Waals surface area contributed by atoms with Crippen LogP contribution in [0.4, 0.5) is 13.2 Å². The normalized spacial score (nSPS) is 11.3. The van der Waals surface area contributed by atoms with Crippen LogP contribution in [-0.2, 0) is 6.18 Å². The molecule has 0 amide bonds. The monoisotopic (exact) mass is 385 g/mol. The summed E-state index contributed by atoms with van der Waals surface area (Å²) in [5, 5.41) is 7.98. The second-order valence-electron chi connectivity index (χ2n) is 5.50. The summed E-state index contributed by atoms with van der Waals surface area (Å²) in [6.45, 7) is 0. The minimum absolute atomic E-state index is 0.0826. The Morgan fingerprint density at radius 1 is 0.885 bits per heavy atom. The molecule has 3 heterocycles. The second kappa shape index (κ2) is 6.60. The highest BCUT2D eigenvalue weighted by Gasteiger charge is 2.37. The average Bonchev–Trinajstić information content (AvgIpc) is 3.31. The topological polar surface area (TPSA) is 12.9 Å². The lowest BCUT2D eigenvalue weighted by molar-refractivity contribution is -0.141. The van der Waals surface area contributed by atoms with E-state index in [1.807, 2.05) is 22.2 Å². The van der Waals surface area contributed by atoms with Crippen LogP contribution in [0.2, 0.25) is 0 Å².